The summed E-state index contributed by atoms with van der Waals surface area (Å²) in [4.78, 5) is 1.23. The van der Waals surface area contributed by atoms with Gasteiger partial charge in [-0.15, -0.1) is 22.0 Å². The molecule has 4 nitrogen and oxygen atoms in total. The molecule has 0 aliphatic rings. The van der Waals surface area contributed by atoms with Crippen molar-refractivity contribution in [3.05, 3.63) is 96.3 Å². The maximum absolute atomic E-state index is 5.89. The van der Waals surface area contributed by atoms with E-state index < -0.39 is 0 Å². The summed E-state index contributed by atoms with van der Waals surface area (Å²) >= 11 is 3.50. The normalized spacial score (nSPS) is 10.9. The zero-order chi connectivity index (χ0) is 22.0. The molecule has 0 aliphatic heterocycles. The third-order valence-corrected chi connectivity index (χ3v) is 6.97. The highest BCUT2D eigenvalue weighted by Crippen LogP contribution is 2.27. The van der Waals surface area contributed by atoms with E-state index in [0.717, 1.165) is 46.8 Å². The van der Waals surface area contributed by atoms with Gasteiger partial charge in [-0.1, -0.05) is 67.2 Å². The molecule has 3 aromatic carbocycles. The van der Waals surface area contributed by atoms with Crippen molar-refractivity contribution >= 4 is 23.5 Å². The van der Waals surface area contributed by atoms with Crippen molar-refractivity contribution in [3.63, 3.8) is 0 Å². The van der Waals surface area contributed by atoms with E-state index in [1.165, 1.54) is 10.5 Å². The molecule has 0 aliphatic carbocycles. The van der Waals surface area contributed by atoms with Crippen LogP contribution in [0.5, 0.6) is 5.75 Å². The molecule has 1 aromatic heterocycles. The maximum atomic E-state index is 5.89. The first-order valence-electron chi connectivity index (χ1n) is 10.9. The van der Waals surface area contributed by atoms with Crippen LogP contribution in [-0.2, 0) is 12.2 Å². The monoisotopic (exact) mass is 461 g/mol. The van der Waals surface area contributed by atoms with Gasteiger partial charge in [0.15, 0.2) is 5.16 Å². The number of ether oxygens (including phenoxy) is 1. The number of aromatic nitrogens is 3. The smallest absolute Gasteiger partial charge is 0.195 e. The Hall–Kier alpha value is -2.70. The lowest BCUT2D eigenvalue weighted by molar-refractivity contribution is 0.318. The zero-order valence-electron chi connectivity index (χ0n) is 18.2. The Bertz CT molecular complexity index is 1080. The minimum absolute atomic E-state index is 0.689. The first kappa shape index (κ1) is 22.5. The number of rotatable bonds is 11. The molecule has 0 atom stereocenters. The lowest BCUT2D eigenvalue weighted by atomic mass is 10.2. The van der Waals surface area contributed by atoms with Crippen LogP contribution in [0.3, 0.4) is 0 Å². The largest absolute Gasteiger partial charge is 0.494 e. The molecule has 0 saturated carbocycles. The Balaban J connectivity index is 1.36. The van der Waals surface area contributed by atoms with Gasteiger partial charge in [0.2, 0.25) is 0 Å². The predicted molar refractivity (Wildman–Crippen MR) is 134 cm³/mol. The van der Waals surface area contributed by atoms with E-state index in [9.17, 15) is 0 Å². The summed E-state index contributed by atoms with van der Waals surface area (Å²) in [5.41, 5.74) is 2.42. The van der Waals surface area contributed by atoms with Crippen LogP contribution in [0.4, 0.5) is 0 Å². The van der Waals surface area contributed by atoms with E-state index >= 15 is 0 Å². The van der Waals surface area contributed by atoms with Crippen molar-refractivity contribution in [2.45, 2.75) is 35.6 Å². The zero-order valence-corrected chi connectivity index (χ0v) is 19.8. The van der Waals surface area contributed by atoms with Crippen LogP contribution in [0.25, 0.3) is 5.69 Å². The molecule has 0 amide bonds. The fourth-order valence-electron chi connectivity index (χ4n) is 3.22. The number of hydrogen-bond acceptors (Lipinski definition) is 5. The van der Waals surface area contributed by atoms with Gasteiger partial charge in [0.25, 0.3) is 0 Å². The third-order valence-electron chi connectivity index (χ3n) is 4.95. The number of nitrogens with zero attached hydrogens (tertiary/aromatic N) is 3. The molecule has 4 aromatic rings. The van der Waals surface area contributed by atoms with Crippen LogP contribution in [0.15, 0.2) is 95.0 Å². The maximum Gasteiger partial charge on any atom is 0.195 e. The van der Waals surface area contributed by atoms with Gasteiger partial charge in [0.1, 0.15) is 11.6 Å². The Labute approximate surface area is 198 Å². The van der Waals surface area contributed by atoms with Gasteiger partial charge in [-0.2, -0.15) is 0 Å². The second kappa shape index (κ2) is 11.8. The van der Waals surface area contributed by atoms with Crippen molar-refractivity contribution in [1.82, 2.24) is 14.8 Å². The number of aryl methyl sites for hydroxylation is 1. The summed E-state index contributed by atoms with van der Waals surface area (Å²) in [5, 5.41) is 9.94. The van der Waals surface area contributed by atoms with E-state index in [2.05, 4.69) is 94.5 Å². The summed E-state index contributed by atoms with van der Waals surface area (Å²) < 4.78 is 8.06. The van der Waals surface area contributed by atoms with Crippen LogP contribution >= 0.6 is 23.5 Å². The summed E-state index contributed by atoms with van der Waals surface area (Å²) in [6.07, 6.45) is 1.99. The molecule has 164 valence electrons. The van der Waals surface area contributed by atoms with Gasteiger partial charge in [0.05, 0.1) is 12.4 Å². The van der Waals surface area contributed by atoms with Crippen LogP contribution in [0, 0.1) is 0 Å². The minimum Gasteiger partial charge on any atom is -0.494 e. The highest BCUT2D eigenvalue weighted by Gasteiger charge is 2.14. The molecule has 0 radical (unpaired) electrons. The van der Waals surface area contributed by atoms with Crippen molar-refractivity contribution in [2.75, 3.05) is 12.4 Å². The number of hydrogen-bond donors (Lipinski definition) is 0. The molecule has 0 unspecified atom stereocenters. The van der Waals surface area contributed by atoms with Gasteiger partial charge in [0, 0.05) is 16.3 Å². The lowest BCUT2D eigenvalue weighted by Gasteiger charge is -2.10. The quantitative estimate of drug-likeness (QED) is 0.184. The van der Waals surface area contributed by atoms with Crippen LogP contribution < -0.4 is 4.74 Å². The Morgan fingerprint density at radius 2 is 1.53 bits per heavy atom. The number of benzene rings is 3. The van der Waals surface area contributed by atoms with Crippen LogP contribution in [0.1, 0.15) is 24.7 Å². The molecule has 32 heavy (non-hydrogen) atoms. The fraction of sp³-hybridized carbons (Fsp3) is 0.231. The summed E-state index contributed by atoms with van der Waals surface area (Å²) in [6, 6.07) is 29.1. The van der Waals surface area contributed by atoms with Crippen molar-refractivity contribution in [1.29, 1.82) is 0 Å². The molecule has 4 rings (SSSR count). The van der Waals surface area contributed by atoms with Crippen LogP contribution in [-0.4, -0.2) is 27.1 Å². The molecule has 0 N–H and O–H groups in total. The molecule has 0 saturated heterocycles. The van der Waals surface area contributed by atoms with Crippen molar-refractivity contribution in [3.8, 4) is 11.4 Å². The second-order valence-corrected chi connectivity index (χ2v) is 9.33. The van der Waals surface area contributed by atoms with E-state index in [0.29, 0.717) is 6.61 Å². The Morgan fingerprint density at radius 3 is 2.25 bits per heavy atom. The SMILES string of the molecule is CCc1ccc(OCCCSc2nnc(CSc3ccccc3)n2-c2ccccc2)cc1. The van der Waals surface area contributed by atoms with E-state index in [1.54, 1.807) is 23.5 Å². The lowest BCUT2D eigenvalue weighted by Crippen LogP contribution is -2.03. The number of thioether (sulfide) groups is 2. The Kier molecular flexibility index (Phi) is 8.29. The topological polar surface area (TPSA) is 39.9 Å². The fourth-order valence-corrected chi connectivity index (χ4v) is 4.94. The minimum atomic E-state index is 0.689. The first-order chi connectivity index (χ1) is 15.8. The summed E-state index contributed by atoms with van der Waals surface area (Å²) in [6.45, 7) is 2.85. The standard InChI is InChI=1S/C26H27N3OS2/c1-2-21-14-16-23(17-15-21)30-18-9-19-31-26-28-27-25(20-32-24-12-7-4-8-13-24)29(26)22-10-5-3-6-11-22/h3-8,10-17H,2,9,18-20H2,1H3. The average molecular weight is 462 g/mol. The van der Waals surface area contributed by atoms with Crippen molar-refractivity contribution < 1.29 is 4.74 Å². The second-order valence-electron chi connectivity index (χ2n) is 7.22. The molecular weight excluding hydrogens is 434 g/mol. The van der Waals surface area contributed by atoms with Gasteiger partial charge in [-0.05, 0) is 54.8 Å². The molecule has 6 heteroatoms. The average Bonchev–Trinajstić information content (AvgIpc) is 3.27. The van der Waals surface area contributed by atoms with Gasteiger partial charge in [-0.25, -0.2) is 0 Å². The van der Waals surface area contributed by atoms with Gasteiger partial charge in [-0.3, -0.25) is 4.57 Å². The van der Waals surface area contributed by atoms with Gasteiger partial charge >= 0.3 is 0 Å². The third kappa shape index (κ3) is 6.17. The van der Waals surface area contributed by atoms with E-state index in [1.807, 2.05) is 12.1 Å². The first-order valence-corrected chi connectivity index (χ1v) is 12.8. The summed E-state index contributed by atoms with van der Waals surface area (Å²) in [5.74, 6) is 3.58. The molecule has 1 heterocycles. The molecule has 0 spiro atoms. The molecular formula is C26H27N3OS2. The highest BCUT2D eigenvalue weighted by atomic mass is 32.2. The molecule has 0 fully saturated rings. The van der Waals surface area contributed by atoms with Crippen molar-refractivity contribution in [2.24, 2.45) is 0 Å². The van der Waals surface area contributed by atoms with E-state index in [-0.39, 0.29) is 0 Å². The summed E-state index contributed by atoms with van der Waals surface area (Å²) in [7, 11) is 0. The Morgan fingerprint density at radius 1 is 0.812 bits per heavy atom. The van der Waals surface area contributed by atoms with E-state index in [4.69, 9.17) is 4.74 Å². The number of para-hydroxylation sites is 1. The van der Waals surface area contributed by atoms with Gasteiger partial charge < -0.3 is 4.74 Å². The molecule has 0 bridgehead atoms. The van der Waals surface area contributed by atoms with Crippen LogP contribution in [0.2, 0.25) is 0 Å². The highest BCUT2D eigenvalue weighted by molar-refractivity contribution is 7.99. The predicted octanol–water partition coefficient (Wildman–Crippen LogP) is 6.68.